The smallest absolute Gasteiger partial charge is 0.369 e. The predicted molar refractivity (Wildman–Crippen MR) is 150 cm³/mol. The van der Waals surface area contributed by atoms with Crippen LogP contribution in [-0.4, -0.2) is 37.0 Å². The first-order valence-corrected chi connectivity index (χ1v) is 14.1. The molecule has 3 aromatic rings. The van der Waals surface area contributed by atoms with Gasteiger partial charge in [0.1, 0.15) is 0 Å². The Morgan fingerprint density at radius 1 is 0.786 bits per heavy atom. The largest absolute Gasteiger partial charge is 0.416 e. The third-order valence-corrected chi connectivity index (χ3v) is 8.62. The average Bonchev–Trinajstić information content (AvgIpc) is 2.97. The molecular weight excluding hydrogens is 556 g/mol. The molecule has 224 valence electrons. The lowest BCUT2D eigenvalue weighted by atomic mass is 9.71. The van der Waals surface area contributed by atoms with E-state index in [0.717, 1.165) is 57.4 Å². The zero-order valence-corrected chi connectivity index (χ0v) is 23.2. The van der Waals surface area contributed by atoms with E-state index in [4.69, 9.17) is 0 Å². The molecule has 1 amide bonds. The number of hydrogen-bond acceptors (Lipinski definition) is 3. The molecule has 1 heterocycles. The average molecular weight is 590 g/mol. The van der Waals surface area contributed by atoms with E-state index in [2.05, 4.69) is 34.2 Å². The van der Waals surface area contributed by atoms with Crippen molar-refractivity contribution >= 4 is 17.3 Å². The van der Waals surface area contributed by atoms with Crippen molar-refractivity contribution in [1.29, 1.82) is 0 Å². The van der Waals surface area contributed by atoms with Gasteiger partial charge in [-0.3, -0.25) is 9.69 Å². The lowest BCUT2D eigenvalue weighted by Gasteiger charge is -2.51. The van der Waals surface area contributed by atoms with E-state index >= 15 is 0 Å². The van der Waals surface area contributed by atoms with Gasteiger partial charge in [-0.25, -0.2) is 0 Å². The van der Waals surface area contributed by atoms with Crippen molar-refractivity contribution in [2.24, 2.45) is 5.92 Å². The molecule has 0 atom stereocenters. The Labute approximate surface area is 241 Å². The number of hydrogen-bond donors (Lipinski definition) is 1. The van der Waals surface area contributed by atoms with Crippen LogP contribution in [0, 0.1) is 5.92 Å². The fraction of sp³-hybridized carbons (Fsp3) is 0.406. The third kappa shape index (κ3) is 6.43. The van der Waals surface area contributed by atoms with E-state index in [1.165, 1.54) is 5.69 Å². The summed E-state index contributed by atoms with van der Waals surface area (Å²) < 4.78 is 80.1. The van der Waals surface area contributed by atoms with Crippen molar-refractivity contribution < 1.29 is 31.1 Å². The van der Waals surface area contributed by atoms with E-state index in [9.17, 15) is 31.1 Å². The fourth-order valence-corrected chi connectivity index (χ4v) is 6.23. The zero-order chi connectivity index (χ0) is 30.1. The van der Waals surface area contributed by atoms with Gasteiger partial charge in [0.05, 0.1) is 11.1 Å². The molecule has 0 aromatic heterocycles. The number of benzene rings is 3. The van der Waals surface area contributed by atoms with E-state index in [1.54, 1.807) is 12.1 Å². The van der Waals surface area contributed by atoms with E-state index in [0.29, 0.717) is 23.7 Å². The molecule has 1 N–H and O–H groups in total. The number of nitrogens with zero attached hydrogens (tertiary/aromatic N) is 2. The van der Waals surface area contributed by atoms with Crippen molar-refractivity contribution in [2.45, 2.75) is 50.5 Å². The van der Waals surface area contributed by atoms with Gasteiger partial charge in [-0.2, -0.15) is 26.3 Å². The quantitative estimate of drug-likeness (QED) is 0.305. The number of carbonyl (C=O) groups is 1. The van der Waals surface area contributed by atoms with Crippen molar-refractivity contribution in [3.05, 3.63) is 95.1 Å². The molecule has 1 aliphatic heterocycles. The standard InChI is InChI=1S/C32H33F6N3O/c1-22-10-12-30(13-11-22,41-16-14-40(15-17-41)28-8-3-2-4-9-28)24-6-5-7-27(21-24)39-29(42)23-18-25(31(33,34)35)20-26(19-23)32(36,37)38/h2-9,18-22H,10-17H2,1H3,(H,39,42). The van der Waals surface area contributed by atoms with Crippen LogP contribution in [0.25, 0.3) is 0 Å². The van der Waals surface area contributed by atoms with E-state index in [-0.39, 0.29) is 11.6 Å². The van der Waals surface area contributed by atoms with Gasteiger partial charge in [-0.15, -0.1) is 0 Å². The SMILES string of the molecule is CC1CCC(c2cccc(NC(=O)c3cc(C(F)(F)F)cc(C(F)(F)F)c3)c2)(N2CCN(c3ccccc3)CC2)CC1. The van der Waals surface area contributed by atoms with Crippen LogP contribution in [0.15, 0.2) is 72.8 Å². The molecule has 3 aromatic carbocycles. The highest BCUT2D eigenvalue weighted by atomic mass is 19.4. The minimum absolute atomic E-state index is 0.0166. The number of nitrogens with one attached hydrogen (secondary N) is 1. The molecule has 4 nitrogen and oxygen atoms in total. The first-order chi connectivity index (χ1) is 19.8. The Kier molecular flexibility index (Phi) is 8.29. The number of para-hydroxylation sites is 1. The lowest BCUT2D eigenvalue weighted by molar-refractivity contribution is -0.143. The van der Waals surface area contributed by atoms with Gasteiger partial charge in [0.25, 0.3) is 5.91 Å². The minimum atomic E-state index is -5.04. The minimum Gasteiger partial charge on any atom is -0.369 e. The summed E-state index contributed by atoms with van der Waals surface area (Å²) in [7, 11) is 0. The van der Waals surface area contributed by atoms with Gasteiger partial charge < -0.3 is 10.2 Å². The van der Waals surface area contributed by atoms with Crippen LogP contribution in [0.4, 0.5) is 37.7 Å². The van der Waals surface area contributed by atoms with Crippen molar-refractivity contribution in [2.75, 3.05) is 36.4 Å². The Morgan fingerprint density at radius 2 is 1.38 bits per heavy atom. The Bertz CT molecular complexity index is 1360. The number of rotatable bonds is 5. The van der Waals surface area contributed by atoms with Crippen LogP contribution in [0.2, 0.25) is 0 Å². The van der Waals surface area contributed by atoms with E-state index < -0.39 is 35.0 Å². The van der Waals surface area contributed by atoms with Gasteiger partial charge >= 0.3 is 12.4 Å². The summed E-state index contributed by atoms with van der Waals surface area (Å²) in [5.41, 5.74) is -1.56. The van der Waals surface area contributed by atoms with Gasteiger partial charge in [-0.05, 0) is 79.6 Å². The zero-order valence-electron chi connectivity index (χ0n) is 23.2. The first-order valence-electron chi connectivity index (χ1n) is 14.1. The van der Waals surface area contributed by atoms with Gasteiger partial charge in [0.15, 0.2) is 0 Å². The molecule has 42 heavy (non-hydrogen) atoms. The Morgan fingerprint density at radius 3 is 1.95 bits per heavy atom. The molecule has 0 bridgehead atoms. The predicted octanol–water partition coefficient (Wildman–Crippen LogP) is 8.20. The second kappa shape index (κ2) is 11.6. The fourth-order valence-electron chi connectivity index (χ4n) is 6.23. The normalized spacial score (nSPS) is 22.2. The Balaban J connectivity index is 1.40. The molecule has 0 spiro atoms. The first kappa shape index (κ1) is 29.9. The van der Waals surface area contributed by atoms with Crippen molar-refractivity contribution in [3.8, 4) is 0 Å². The molecule has 5 rings (SSSR count). The van der Waals surface area contributed by atoms with Crippen LogP contribution < -0.4 is 10.2 Å². The highest BCUT2D eigenvalue weighted by Gasteiger charge is 2.42. The molecule has 1 saturated carbocycles. The summed E-state index contributed by atoms with van der Waals surface area (Å²) in [6.07, 6.45) is -6.19. The highest BCUT2D eigenvalue weighted by Crippen LogP contribution is 2.45. The summed E-state index contributed by atoms with van der Waals surface area (Å²) >= 11 is 0. The number of amides is 1. The van der Waals surface area contributed by atoms with Gasteiger partial charge in [-0.1, -0.05) is 37.3 Å². The summed E-state index contributed by atoms with van der Waals surface area (Å²) in [6.45, 7) is 5.62. The molecule has 1 saturated heterocycles. The highest BCUT2D eigenvalue weighted by molar-refractivity contribution is 6.04. The molecule has 0 radical (unpaired) electrons. The maximum atomic E-state index is 13.3. The van der Waals surface area contributed by atoms with Crippen molar-refractivity contribution in [3.63, 3.8) is 0 Å². The maximum Gasteiger partial charge on any atom is 0.416 e. The molecule has 1 aliphatic carbocycles. The number of anilines is 2. The maximum absolute atomic E-state index is 13.3. The molecule has 2 aliphatic rings. The topological polar surface area (TPSA) is 35.6 Å². The van der Waals surface area contributed by atoms with Crippen LogP contribution in [0.1, 0.15) is 59.7 Å². The molecule has 2 fully saturated rings. The summed E-state index contributed by atoms with van der Waals surface area (Å²) in [5.74, 6) is -0.457. The molecular formula is C32H33F6N3O. The van der Waals surface area contributed by atoms with Gasteiger partial charge in [0, 0.05) is 48.7 Å². The van der Waals surface area contributed by atoms with Crippen LogP contribution in [-0.2, 0) is 17.9 Å². The monoisotopic (exact) mass is 589 g/mol. The number of halogens is 6. The van der Waals surface area contributed by atoms with Crippen LogP contribution >= 0.6 is 0 Å². The lowest BCUT2D eigenvalue weighted by Crippen LogP contribution is -2.56. The summed E-state index contributed by atoms with van der Waals surface area (Å²) in [4.78, 5) is 17.9. The second-order valence-electron chi connectivity index (χ2n) is 11.4. The Hall–Kier alpha value is -3.53. The second-order valence-corrected chi connectivity index (χ2v) is 11.4. The van der Waals surface area contributed by atoms with Gasteiger partial charge in [0.2, 0.25) is 0 Å². The third-order valence-electron chi connectivity index (χ3n) is 8.62. The molecule has 10 heteroatoms. The van der Waals surface area contributed by atoms with E-state index in [1.807, 2.05) is 30.3 Å². The summed E-state index contributed by atoms with van der Waals surface area (Å²) in [5, 5.41) is 2.55. The van der Waals surface area contributed by atoms with Crippen LogP contribution in [0.3, 0.4) is 0 Å². The number of alkyl halides is 6. The summed E-state index contributed by atoms with van der Waals surface area (Å²) in [6, 6.07) is 18.3. The number of piperazine rings is 1. The van der Waals surface area contributed by atoms with Crippen molar-refractivity contribution in [1.82, 2.24) is 4.90 Å². The number of carbonyl (C=O) groups excluding carboxylic acids is 1. The molecule has 0 unspecified atom stereocenters. The van der Waals surface area contributed by atoms with Crippen LogP contribution in [0.5, 0.6) is 0 Å².